The molecule has 1 N–H and O–H groups in total. The number of hydrogen-bond donors (Lipinski definition) is 1. The van der Waals surface area contributed by atoms with E-state index in [2.05, 4.69) is 210 Å². The van der Waals surface area contributed by atoms with E-state index >= 15 is 0 Å². The molecule has 93 heavy (non-hydrogen) atoms. The lowest BCUT2D eigenvalue weighted by atomic mass is 10.1. The fraction of sp³-hybridized carbons (Fsp3) is 0. The van der Waals surface area contributed by atoms with Crippen LogP contribution in [0.15, 0.2) is 328 Å². The molecule has 0 aliphatic heterocycles. The molecule has 0 aliphatic rings. The van der Waals surface area contributed by atoms with Gasteiger partial charge in [0.2, 0.25) is 0 Å². The highest BCUT2D eigenvalue weighted by atomic mass is 35.5. The van der Waals surface area contributed by atoms with Gasteiger partial charge < -0.3 is 18.7 Å². The van der Waals surface area contributed by atoms with Crippen LogP contribution in [-0.4, -0.2) is 48.6 Å². The molecule has 18 rings (SSSR count). The van der Waals surface area contributed by atoms with Gasteiger partial charge in [-0.25, -0.2) is 29.9 Å². The van der Waals surface area contributed by atoms with Crippen LogP contribution < -0.4 is 0 Å². The molecular weight excluding hydrogens is 1160 g/mol. The van der Waals surface area contributed by atoms with E-state index in [1.54, 1.807) is 0 Å². The number of fused-ring (bicyclic) bond motifs is 10. The van der Waals surface area contributed by atoms with Gasteiger partial charge in [0.25, 0.3) is 0 Å². The molecule has 0 amide bonds. The maximum Gasteiger partial charge on any atom is 0.164 e. The number of aromatic amines is 1. The Balaban J connectivity index is 0.000000122. The van der Waals surface area contributed by atoms with Gasteiger partial charge in [0, 0.05) is 106 Å². The van der Waals surface area contributed by atoms with Crippen molar-refractivity contribution in [3.05, 3.63) is 333 Å². The number of halogens is 1. The Kier molecular flexibility index (Phi) is 14.8. The summed E-state index contributed by atoms with van der Waals surface area (Å²) < 4.78 is 6.87. The molecule has 0 spiro atoms. The standard InChI is InChI=1S/C41H27N5.C21H14ClN3.C20H14N2/c1-4-13-28(14-5-1)39-42-40(29-15-6-2-7-16-29)44-41(43-39)30-17-12-20-32(27-30)46-37-22-11-10-21-33(37)34-23-24-36-35(38(34)46)25-26-45(36)31-18-8-3-9-19-31;22-18-13-7-12-17(14-18)21-24-19(15-8-3-1-4-9-15)23-20(25-21)16-10-5-2-6-11-16;1-2-6-14(7-3-1)22-13-12-17-19(22)11-10-16-15-8-4-5-9-18(15)21-20(16)17/h1-27H;1-14H;1-13,21H. The molecule has 0 aliphatic carbocycles. The van der Waals surface area contributed by atoms with E-state index in [9.17, 15) is 0 Å². The molecule has 0 radical (unpaired) electrons. The maximum atomic E-state index is 6.14. The van der Waals surface area contributed by atoms with Crippen molar-refractivity contribution in [2.45, 2.75) is 0 Å². The van der Waals surface area contributed by atoms with Crippen LogP contribution in [0.2, 0.25) is 5.02 Å². The first-order valence-corrected chi connectivity index (χ1v) is 31.2. The second kappa shape index (κ2) is 24.5. The third kappa shape index (κ3) is 10.9. The van der Waals surface area contributed by atoms with E-state index in [0.29, 0.717) is 40.0 Å². The van der Waals surface area contributed by atoms with Gasteiger partial charge in [-0.2, -0.15) is 0 Å². The van der Waals surface area contributed by atoms with Crippen LogP contribution in [-0.2, 0) is 0 Å². The Hall–Kier alpha value is -12.4. The van der Waals surface area contributed by atoms with Crippen LogP contribution in [0, 0.1) is 0 Å². The molecule has 440 valence electrons. The Morgan fingerprint density at radius 2 is 0.645 bits per heavy atom. The molecule has 12 aromatic carbocycles. The zero-order valence-corrected chi connectivity index (χ0v) is 50.8. The summed E-state index contributed by atoms with van der Waals surface area (Å²) in [4.78, 5) is 32.4. The predicted octanol–water partition coefficient (Wildman–Crippen LogP) is 20.7. The lowest BCUT2D eigenvalue weighted by Gasteiger charge is -2.12. The molecule has 6 aromatic heterocycles. The second-order valence-corrected chi connectivity index (χ2v) is 23.0. The highest BCUT2D eigenvalue weighted by Gasteiger charge is 2.20. The van der Waals surface area contributed by atoms with Crippen molar-refractivity contribution in [2.24, 2.45) is 0 Å². The molecule has 0 saturated heterocycles. The molecule has 0 unspecified atom stereocenters. The van der Waals surface area contributed by atoms with Crippen LogP contribution in [0.3, 0.4) is 0 Å². The van der Waals surface area contributed by atoms with Crippen molar-refractivity contribution in [1.82, 2.24) is 48.6 Å². The third-order valence-electron chi connectivity index (χ3n) is 16.8. The van der Waals surface area contributed by atoms with E-state index in [4.69, 9.17) is 26.6 Å². The van der Waals surface area contributed by atoms with Gasteiger partial charge in [0.05, 0.1) is 27.6 Å². The van der Waals surface area contributed by atoms with Gasteiger partial charge in [0.1, 0.15) is 0 Å². The van der Waals surface area contributed by atoms with Crippen LogP contribution >= 0.6 is 11.6 Å². The van der Waals surface area contributed by atoms with E-state index in [0.717, 1.165) is 55.8 Å². The Bertz CT molecular complexity index is 5580. The van der Waals surface area contributed by atoms with E-state index in [1.807, 2.05) is 152 Å². The van der Waals surface area contributed by atoms with Crippen molar-refractivity contribution in [3.63, 3.8) is 0 Å². The summed E-state index contributed by atoms with van der Waals surface area (Å²) in [6.07, 6.45) is 4.31. The smallest absolute Gasteiger partial charge is 0.164 e. The Morgan fingerprint density at radius 3 is 1.16 bits per heavy atom. The van der Waals surface area contributed by atoms with Gasteiger partial charge in [0.15, 0.2) is 34.9 Å². The van der Waals surface area contributed by atoms with Gasteiger partial charge in [-0.05, 0) is 84.9 Å². The topological polar surface area (TPSA) is 108 Å². The first-order valence-electron chi connectivity index (χ1n) is 30.8. The quantitative estimate of drug-likeness (QED) is 0.154. The number of nitrogens with one attached hydrogen (secondary N) is 1. The molecule has 0 bridgehead atoms. The average molecular weight is 1220 g/mol. The SMILES string of the molecule is Clc1cccc(-c2nc(-c3ccccc3)nc(-c3ccccc3)n2)c1.c1ccc(-c2nc(-c3ccccc3)nc(-c3cccc(-n4c5ccccc5c5ccc6c(ccn6-c6ccccc6)c54)c3)n2)cc1.c1ccc(-n2ccc3c4[nH]c5ccccc5c4ccc32)cc1. The third-order valence-corrected chi connectivity index (χ3v) is 17.0. The number of rotatable bonds is 9. The maximum absolute atomic E-state index is 6.14. The van der Waals surface area contributed by atoms with Crippen molar-refractivity contribution in [1.29, 1.82) is 0 Å². The summed E-state index contributed by atoms with van der Waals surface area (Å²) >= 11 is 6.14. The molecule has 0 fully saturated rings. The fourth-order valence-corrected chi connectivity index (χ4v) is 12.6. The summed E-state index contributed by atoms with van der Waals surface area (Å²) in [6, 6.07) is 107. The number of H-pyrrole nitrogens is 1. The minimum absolute atomic E-state index is 0.607. The number of benzene rings is 12. The molecule has 10 nitrogen and oxygen atoms in total. The van der Waals surface area contributed by atoms with Crippen molar-refractivity contribution < 1.29 is 0 Å². The fourth-order valence-electron chi connectivity index (χ4n) is 12.4. The molecule has 11 heteroatoms. The van der Waals surface area contributed by atoms with Gasteiger partial charge in [-0.1, -0.05) is 242 Å². The minimum atomic E-state index is 0.607. The molecule has 0 atom stereocenters. The molecule has 0 saturated carbocycles. The lowest BCUT2D eigenvalue weighted by Crippen LogP contribution is -2.01. The van der Waals surface area contributed by atoms with Crippen LogP contribution in [0.5, 0.6) is 0 Å². The van der Waals surface area contributed by atoms with Crippen LogP contribution in [0.1, 0.15) is 0 Å². The Labute approximate surface area is 540 Å². The number of nitrogens with zero attached hydrogens (tertiary/aromatic N) is 9. The second-order valence-electron chi connectivity index (χ2n) is 22.5. The van der Waals surface area contributed by atoms with Gasteiger partial charge >= 0.3 is 0 Å². The first kappa shape index (κ1) is 55.9. The van der Waals surface area contributed by atoms with Gasteiger partial charge in [-0.3, -0.25) is 0 Å². The van der Waals surface area contributed by atoms with Crippen molar-refractivity contribution >= 4 is 77.0 Å². The van der Waals surface area contributed by atoms with Crippen LogP contribution in [0.25, 0.3) is 151 Å². The van der Waals surface area contributed by atoms with Crippen molar-refractivity contribution in [2.75, 3.05) is 0 Å². The van der Waals surface area contributed by atoms with E-state index < -0.39 is 0 Å². The van der Waals surface area contributed by atoms with E-state index in [1.165, 1.54) is 60.1 Å². The molecule has 18 aromatic rings. The molecule has 6 heterocycles. The average Bonchev–Trinajstić information content (AvgIpc) is 1.58. The lowest BCUT2D eigenvalue weighted by molar-refractivity contribution is 1.07. The highest BCUT2D eigenvalue weighted by Crippen LogP contribution is 2.39. The summed E-state index contributed by atoms with van der Waals surface area (Å²) in [5.41, 5.74) is 16.1. The zero-order valence-electron chi connectivity index (χ0n) is 50.1. The zero-order chi connectivity index (χ0) is 62.0. The normalized spacial score (nSPS) is 11.3. The monoisotopic (exact) mass is 1210 g/mol. The number of para-hydroxylation sites is 4. The van der Waals surface area contributed by atoms with E-state index in [-0.39, 0.29) is 0 Å². The number of hydrogen-bond acceptors (Lipinski definition) is 6. The predicted molar refractivity (Wildman–Crippen MR) is 381 cm³/mol. The van der Waals surface area contributed by atoms with Crippen LogP contribution in [0.4, 0.5) is 0 Å². The summed E-state index contributed by atoms with van der Waals surface area (Å²) in [5.74, 6) is 3.83. The highest BCUT2D eigenvalue weighted by molar-refractivity contribution is 6.30. The summed E-state index contributed by atoms with van der Waals surface area (Å²) in [5, 5.41) is 8.12. The van der Waals surface area contributed by atoms with Crippen molar-refractivity contribution in [3.8, 4) is 85.4 Å². The summed E-state index contributed by atoms with van der Waals surface area (Å²) in [6.45, 7) is 0. The number of aromatic nitrogens is 10. The molecular formula is C82H55ClN10. The van der Waals surface area contributed by atoms with Gasteiger partial charge in [-0.15, -0.1) is 0 Å². The largest absolute Gasteiger partial charge is 0.354 e. The Morgan fingerprint density at radius 1 is 0.258 bits per heavy atom. The first-order chi connectivity index (χ1) is 46.0. The minimum Gasteiger partial charge on any atom is -0.354 e. The summed E-state index contributed by atoms with van der Waals surface area (Å²) in [7, 11) is 0.